The minimum atomic E-state index is -0.155. The fourth-order valence-corrected chi connectivity index (χ4v) is 4.12. The summed E-state index contributed by atoms with van der Waals surface area (Å²) in [7, 11) is 0. The number of nitrogens with one attached hydrogen (secondary N) is 2. The van der Waals surface area contributed by atoms with Crippen LogP contribution < -0.4 is 20.3 Å². The molecule has 1 atom stereocenters. The fraction of sp³-hybridized carbons (Fsp3) is 0.364. The molecule has 0 spiro atoms. The minimum absolute atomic E-state index is 0.0942. The molecule has 1 aromatic carbocycles. The van der Waals surface area contributed by atoms with Crippen LogP contribution in [0.15, 0.2) is 45.8 Å². The zero-order valence-corrected chi connectivity index (χ0v) is 17.7. The van der Waals surface area contributed by atoms with Crippen LogP contribution in [0.1, 0.15) is 24.2 Å². The van der Waals surface area contributed by atoms with Crippen LogP contribution in [0.25, 0.3) is 10.9 Å². The summed E-state index contributed by atoms with van der Waals surface area (Å²) < 4.78 is 22.1. The van der Waals surface area contributed by atoms with Crippen molar-refractivity contribution < 1.29 is 18.6 Å². The predicted molar refractivity (Wildman–Crippen MR) is 118 cm³/mol. The fourth-order valence-electron chi connectivity index (χ4n) is 3.91. The number of ether oxygens (including phenoxy) is 3. The molecule has 1 unspecified atom stereocenters. The molecule has 0 amide bonds. The van der Waals surface area contributed by atoms with Gasteiger partial charge in [0.15, 0.2) is 16.6 Å². The Bertz CT molecular complexity index is 1140. The zero-order chi connectivity index (χ0) is 21.2. The molecule has 9 heteroatoms. The lowest BCUT2D eigenvalue weighted by Gasteiger charge is -2.28. The predicted octanol–water partition coefficient (Wildman–Crippen LogP) is 2.91. The van der Waals surface area contributed by atoms with E-state index >= 15 is 0 Å². The highest BCUT2D eigenvalue weighted by Crippen LogP contribution is 2.35. The van der Waals surface area contributed by atoms with Crippen molar-refractivity contribution in [1.29, 1.82) is 0 Å². The van der Waals surface area contributed by atoms with Crippen LogP contribution in [-0.2, 0) is 17.8 Å². The van der Waals surface area contributed by atoms with Gasteiger partial charge in [0, 0.05) is 30.2 Å². The second kappa shape index (κ2) is 8.60. The summed E-state index contributed by atoms with van der Waals surface area (Å²) in [6.45, 7) is 2.40. The van der Waals surface area contributed by atoms with E-state index in [9.17, 15) is 4.79 Å². The molecule has 162 valence electrons. The van der Waals surface area contributed by atoms with Crippen LogP contribution in [0, 0.1) is 0 Å². The lowest BCUT2D eigenvalue weighted by molar-refractivity contribution is 0.0896. The van der Waals surface area contributed by atoms with E-state index in [1.54, 1.807) is 12.3 Å². The molecular weight excluding hydrogens is 418 g/mol. The van der Waals surface area contributed by atoms with Crippen molar-refractivity contribution in [3.05, 3.63) is 58.3 Å². The average Bonchev–Trinajstić information content (AvgIpc) is 3.53. The Hall–Kier alpha value is -3.04. The molecule has 2 aliphatic rings. The van der Waals surface area contributed by atoms with Gasteiger partial charge < -0.3 is 33.8 Å². The summed E-state index contributed by atoms with van der Waals surface area (Å²) in [6, 6.07) is 9.29. The van der Waals surface area contributed by atoms with Crippen molar-refractivity contribution in [2.45, 2.75) is 32.0 Å². The Balaban J connectivity index is 1.38. The molecule has 0 saturated carbocycles. The Kier molecular flexibility index (Phi) is 5.52. The molecule has 0 bridgehead atoms. The summed E-state index contributed by atoms with van der Waals surface area (Å²) >= 11 is 5.66. The minimum Gasteiger partial charge on any atom is -0.467 e. The van der Waals surface area contributed by atoms with Gasteiger partial charge in [0.2, 0.25) is 6.79 Å². The van der Waals surface area contributed by atoms with Crippen molar-refractivity contribution in [3.63, 3.8) is 0 Å². The first-order valence-electron chi connectivity index (χ1n) is 10.3. The number of furan rings is 1. The molecule has 0 aliphatic carbocycles. The number of benzene rings is 1. The average molecular weight is 442 g/mol. The van der Waals surface area contributed by atoms with Gasteiger partial charge in [0.05, 0.1) is 31.0 Å². The van der Waals surface area contributed by atoms with Crippen LogP contribution in [0.4, 0.5) is 0 Å². The van der Waals surface area contributed by atoms with Gasteiger partial charge in [-0.05, 0) is 49.3 Å². The molecule has 2 N–H and O–H groups in total. The maximum absolute atomic E-state index is 12.8. The molecule has 8 nitrogen and oxygen atoms in total. The first-order chi connectivity index (χ1) is 15.2. The standard InChI is InChI=1S/C22H23N3O5S/c26-21-15(7-14-8-19-20(30-13-29-19)9-18(14)24-21)11-25(12-17-4-2-6-28-17)22(31)23-10-16-3-1-5-27-16/h1,3,5,7-9,17H,2,4,6,10-13H2,(H,23,31)(H,24,26). The van der Waals surface area contributed by atoms with Gasteiger partial charge in [0.25, 0.3) is 5.56 Å². The normalized spacial score (nSPS) is 17.2. The molecule has 31 heavy (non-hydrogen) atoms. The lowest BCUT2D eigenvalue weighted by atomic mass is 10.1. The highest BCUT2D eigenvalue weighted by Gasteiger charge is 2.23. The second-order valence-electron chi connectivity index (χ2n) is 7.67. The van der Waals surface area contributed by atoms with Crippen LogP contribution in [0.5, 0.6) is 11.5 Å². The zero-order valence-electron chi connectivity index (χ0n) is 16.9. The van der Waals surface area contributed by atoms with E-state index in [0.717, 1.165) is 30.6 Å². The van der Waals surface area contributed by atoms with Gasteiger partial charge in [-0.25, -0.2) is 0 Å². The lowest BCUT2D eigenvalue weighted by Crippen LogP contribution is -2.43. The van der Waals surface area contributed by atoms with E-state index in [2.05, 4.69) is 10.3 Å². The molecule has 2 aliphatic heterocycles. The number of H-pyrrole nitrogens is 1. The Labute approximate surface area is 184 Å². The monoisotopic (exact) mass is 441 g/mol. The van der Waals surface area contributed by atoms with Crippen molar-refractivity contribution >= 4 is 28.2 Å². The van der Waals surface area contributed by atoms with Gasteiger partial charge in [-0.3, -0.25) is 4.79 Å². The molecule has 3 aromatic rings. The Morgan fingerprint density at radius 2 is 2.13 bits per heavy atom. The van der Waals surface area contributed by atoms with E-state index < -0.39 is 0 Å². The third-order valence-corrected chi connectivity index (χ3v) is 5.91. The highest BCUT2D eigenvalue weighted by atomic mass is 32.1. The summed E-state index contributed by atoms with van der Waals surface area (Å²) in [5, 5.41) is 4.66. The summed E-state index contributed by atoms with van der Waals surface area (Å²) in [5.41, 5.74) is 1.17. The molecule has 1 fully saturated rings. The van der Waals surface area contributed by atoms with E-state index in [1.165, 1.54) is 0 Å². The third-order valence-electron chi connectivity index (χ3n) is 5.50. The highest BCUT2D eigenvalue weighted by molar-refractivity contribution is 7.80. The van der Waals surface area contributed by atoms with Gasteiger partial charge in [-0.2, -0.15) is 0 Å². The smallest absolute Gasteiger partial charge is 0.253 e. The number of pyridine rings is 1. The van der Waals surface area contributed by atoms with E-state index in [4.69, 9.17) is 30.8 Å². The summed E-state index contributed by atoms with van der Waals surface area (Å²) in [5.74, 6) is 2.11. The maximum Gasteiger partial charge on any atom is 0.253 e. The maximum atomic E-state index is 12.8. The van der Waals surface area contributed by atoms with Crippen molar-refractivity contribution in [1.82, 2.24) is 15.2 Å². The topological polar surface area (TPSA) is 89.0 Å². The number of nitrogens with zero attached hydrogens (tertiary/aromatic N) is 1. The number of rotatable bonds is 6. The van der Waals surface area contributed by atoms with Crippen LogP contribution in [-0.4, -0.2) is 41.0 Å². The number of aromatic amines is 1. The number of aromatic nitrogens is 1. The van der Waals surface area contributed by atoms with Crippen LogP contribution in [0.3, 0.4) is 0 Å². The van der Waals surface area contributed by atoms with Gasteiger partial charge >= 0.3 is 0 Å². The summed E-state index contributed by atoms with van der Waals surface area (Å²) in [4.78, 5) is 17.7. The quantitative estimate of drug-likeness (QED) is 0.565. The number of hydrogen-bond acceptors (Lipinski definition) is 6. The molecule has 4 heterocycles. The number of hydrogen-bond donors (Lipinski definition) is 2. The van der Waals surface area contributed by atoms with E-state index in [1.807, 2.05) is 29.2 Å². The first-order valence-corrected chi connectivity index (χ1v) is 10.7. The molecule has 1 saturated heterocycles. The summed E-state index contributed by atoms with van der Waals surface area (Å²) in [6.07, 6.45) is 3.74. The number of fused-ring (bicyclic) bond motifs is 2. The number of thiocarbonyl (C=S) groups is 1. The molecule has 2 aromatic heterocycles. The molecule has 0 radical (unpaired) electrons. The largest absolute Gasteiger partial charge is 0.467 e. The van der Waals surface area contributed by atoms with E-state index in [0.29, 0.717) is 47.3 Å². The third kappa shape index (κ3) is 4.38. The van der Waals surface area contributed by atoms with Crippen LogP contribution >= 0.6 is 12.2 Å². The first kappa shape index (κ1) is 19.9. The van der Waals surface area contributed by atoms with Crippen molar-refractivity contribution in [2.24, 2.45) is 0 Å². The molecular formula is C22H23N3O5S. The van der Waals surface area contributed by atoms with Gasteiger partial charge in [0.1, 0.15) is 5.76 Å². The van der Waals surface area contributed by atoms with Gasteiger partial charge in [-0.1, -0.05) is 0 Å². The second-order valence-corrected chi connectivity index (χ2v) is 8.06. The van der Waals surface area contributed by atoms with Gasteiger partial charge in [-0.15, -0.1) is 0 Å². The van der Waals surface area contributed by atoms with E-state index in [-0.39, 0.29) is 18.5 Å². The van der Waals surface area contributed by atoms with Crippen molar-refractivity contribution in [2.75, 3.05) is 19.9 Å². The Morgan fingerprint density at radius 1 is 1.26 bits per heavy atom. The molecule has 5 rings (SSSR count). The SMILES string of the molecule is O=c1[nH]c2cc3c(cc2cc1CN(CC1CCCO1)C(=S)NCc1ccco1)OCO3. The van der Waals surface area contributed by atoms with Crippen LogP contribution in [0.2, 0.25) is 0 Å². The van der Waals surface area contributed by atoms with Crippen molar-refractivity contribution in [3.8, 4) is 11.5 Å². The Morgan fingerprint density at radius 3 is 2.90 bits per heavy atom.